The normalized spacial score (nSPS) is 11.6. The average molecular weight is 386 g/mol. The van der Waals surface area contributed by atoms with Crippen molar-refractivity contribution in [1.82, 2.24) is 10.3 Å². The van der Waals surface area contributed by atoms with Crippen molar-refractivity contribution in [2.75, 3.05) is 10.6 Å². The van der Waals surface area contributed by atoms with Crippen molar-refractivity contribution in [2.24, 2.45) is 0 Å². The monoisotopic (exact) mass is 386 g/mol. The lowest BCUT2D eigenvalue weighted by molar-refractivity contribution is -0.117. The zero-order valence-corrected chi connectivity index (χ0v) is 16.0. The fourth-order valence-corrected chi connectivity index (χ4v) is 2.65. The Morgan fingerprint density at radius 3 is 2.17 bits per heavy atom. The quantitative estimate of drug-likeness (QED) is 0.541. The molecule has 6 heteroatoms. The van der Waals surface area contributed by atoms with Crippen LogP contribution in [-0.4, -0.2) is 16.9 Å². The molecule has 0 aliphatic carbocycles. The van der Waals surface area contributed by atoms with E-state index < -0.39 is 0 Å². The maximum absolute atomic E-state index is 12.1. The van der Waals surface area contributed by atoms with Gasteiger partial charge in [0.2, 0.25) is 5.91 Å². The number of anilines is 2. The van der Waals surface area contributed by atoms with Gasteiger partial charge in [-0.3, -0.25) is 9.78 Å². The number of amides is 3. The largest absolute Gasteiger partial charge is 0.346 e. The van der Waals surface area contributed by atoms with Gasteiger partial charge in [-0.2, -0.15) is 0 Å². The molecule has 0 aliphatic heterocycles. The Morgan fingerprint density at radius 1 is 0.862 bits per heavy atom. The number of carbonyl (C=O) groups excluding carboxylic acids is 2. The molecule has 3 rings (SSSR count). The van der Waals surface area contributed by atoms with Crippen molar-refractivity contribution in [3.63, 3.8) is 0 Å². The molecule has 0 radical (unpaired) electrons. The molecule has 0 saturated carbocycles. The highest BCUT2D eigenvalue weighted by Crippen LogP contribution is 2.16. The van der Waals surface area contributed by atoms with Crippen molar-refractivity contribution in [2.45, 2.75) is 13.0 Å². The number of hydrogen-bond acceptors (Lipinski definition) is 3. The summed E-state index contributed by atoms with van der Waals surface area (Å²) < 4.78 is 0. The van der Waals surface area contributed by atoms with Gasteiger partial charge >= 0.3 is 6.03 Å². The third-order valence-corrected chi connectivity index (χ3v) is 4.15. The molecule has 0 fully saturated rings. The number of hydrogen-bond donors (Lipinski definition) is 3. The Bertz CT molecular complexity index is 971. The predicted octanol–water partition coefficient (Wildman–Crippen LogP) is 4.62. The third kappa shape index (κ3) is 6.32. The Hall–Kier alpha value is -3.93. The minimum absolute atomic E-state index is 0.178. The van der Waals surface area contributed by atoms with E-state index in [9.17, 15) is 9.59 Å². The molecule has 3 aromatic rings. The summed E-state index contributed by atoms with van der Waals surface area (Å²) in [5.74, 6) is -0.201. The van der Waals surface area contributed by atoms with Crippen LogP contribution >= 0.6 is 0 Å². The van der Waals surface area contributed by atoms with Crippen molar-refractivity contribution < 1.29 is 9.59 Å². The van der Waals surface area contributed by atoms with Crippen molar-refractivity contribution in [1.29, 1.82) is 0 Å². The Balaban J connectivity index is 1.51. The van der Waals surface area contributed by atoms with Crippen molar-refractivity contribution >= 4 is 29.4 Å². The van der Waals surface area contributed by atoms with Gasteiger partial charge in [0, 0.05) is 23.6 Å². The zero-order chi connectivity index (χ0) is 20.5. The van der Waals surface area contributed by atoms with Crippen LogP contribution in [0.5, 0.6) is 0 Å². The second kappa shape index (κ2) is 9.85. The molecule has 0 aliphatic rings. The maximum Gasteiger partial charge on any atom is 0.323 e. The molecule has 146 valence electrons. The minimum atomic E-state index is -0.315. The number of urea groups is 1. The molecule has 29 heavy (non-hydrogen) atoms. The highest BCUT2D eigenvalue weighted by molar-refractivity contribution is 5.99. The van der Waals surface area contributed by atoms with E-state index in [0.29, 0.717) is 5.69 Å². The summed E-state index contributed by atoms with van der Waals surface area (Å²) in [7, 11) is 0. The van der Waals surface area contributed by atoms with Crippen LogP contribution in [0.2, 0.25) is 0 Å². The third-order valence-electron chi connectivity index (χ3n) is 4.15. The van der Waals surface area contributed by atoms with Gasteiger partial charge in [0.05, 0.1) is 11.7 Å². The number of pyridine rings is 1. The van der Waals surface area contributed by atoms with Crippen LogP contribution in [0.1, 0.15) is 24.2 Å². The van der Waals surface area contributed by atoms with Crippen LogP contribution in [0, 0.1) is 0 Å². The highest BCUT2D eigenvalue weighted by atomic mass is 16.2. The number of aromatic nitrogens is 1. The lowest BCUT2D eigenvalue weighted by Crippen LogP contribution is -2.24. The van der Waals surface area contributed by atoms with Gasteiger partial charge in [0.15, 0.2) is 0 Å². The van der Waals surface area contributed by atoms with Gasteiger partial charge < -0.3 is 16.0 Å². The smallest absolute Gasteiger partial charge is 0.323 e. The Labute approximate surface area is 169 Å². The molecule has 0 saturated heterocycles. The van der Waals surface area contributed by atoms with Crippen LogP contribution in [0.15, 0.2) is 85.1 Å². The first-order valence-electron chi connectivity index (χ1n) is 9.23. The second-order valence-electron chi connectivity index (χ2n) is 6.39. The number of nitrogens with zero attached hydrogens (tertiary/aromatic N) is 1. The van der Waals surface area contributed by atoms with Crippen LogP contribution in [0.3, 0.4) is 0 Å². The van der Waals surface area contributed by atoms with Gasteiger partial charge in [0.1, 0.15) is 0 Å². The predicted molar refractivity (Wildman–Crippen MR) is 115 cm³/mol. The number of benzene rings is 2. The topological polar surface area (TPSA) is 83.1 Å². The highest BCUT2D eigenvalue weighted by Gasteiger charge is 2.08. The molecule has 2 aromatic carbocycles. The van der Waals surface area contributed by atoms with Gasteiger partial charge in [-0.25, -0.2) is 4.79 Å². The first-order chi connectivity index (χ1) is 14.1. The fraction of sp³-hybridized carbons (Fsp3) is 0.0870. The first-order valence-corrected chi connectivity index (χ1v) is 9.23. The minimum Gasteiger partial charge on any atom is -0.346 e. The van der Waals surface area contributed by atoms with E-state index in [1.54, 1.807) is 24.4 Å². The lowest BCUT2D eigenvalue weighted by atomic mass is 10.1. The second-order valence-corrected chi connectivity index (χ2v) is 6.39. The van der Waals surface area contributed by atoms with Crippen molar-refractivity contribution in [3.05, 3.63) is 96.3 Å². The summed E-state index contributed by atoms with van der Waals surface area (Å²) >= 11 is 0. The molecular weight excluding hydrogens is 364 g/mol. The zero-order valence-electron chi connectivity index (χ0n) is 16.0. The van der Waals surface area contributed by atoms with Crippen LogP contribution in [-0.2, 0) is 4.79 Å². The molecule has 3 amide bonds. The van der Waals surface area contributed by atoms with E-state index in [2.05, 4.69) is 20.9 Å². The number of rotatable bonds is 6. The lowest BCUT2D eigenvalue weighted by Gasteiger charge is -2.14. The van der Waals surface area contributed by atoms with Gasteiger partial charge in [-0.1, -0.05) is 36.4 Å². The van der Waals surface area contributed by atoms with Gasteiger partial charge in [-0.05, 0) is 55.0 Å². The summed E-state index contributed by atoms with van der Waals surface area (Å²) in [6, 6.07) is 21.6. The SMILES string of the molecule is CC(NC(=O)/C=C/c1ccccn1)c1ccc(NC(=O)Nc2ccccc2)cc1. The average Bonchev–Trinajstić information content (AvgIpc) is 2.74. The van der Waals surface area contributed by atoms with Crippen LogP contribution < -0.4 is 16.0 Å². The number of nitrogens with one attached hydrogen (secondary N) is 3. The van der Waals surface area contributed by atoms with Gasteiger partial charge in [-0.15, -0.1) is 0 Å². The fourth-order valence-electron chi connectivity index (χ4n) is 2.65. The molecule has 3 N–H and O–H groups in total. The van der Waals surface area contributed by atoms with E-state index in [1.807, 2.05) is 67.6 Å². The van der Waals surface area contributed by atoms with E-state index in [-0.39, 0.29) is 18.0 Å². The van der Waals surface area contributed by atoms with E-state index in [4.69, 9.17) is 0 Å². The molecule has 6 nitrogen and oxygen atoms in total. The maximum atomic E-state index is 12.1. The molecule has 1 aromatic heterocycles. The number of carbonyl (C=O) groups is 2. The van der Waals surface area contributed by atoms with Crippen molar-refractivity contribution in [3.8, 4) is 0 Å². The Morgan fingerprint density at radius 2 is 1.52 bits per heavy atom. The van der Waals surface area contributed by atoms with Crippen LogP contribution in [0.25, 0.3) is 6.08 Å². The Kier molecular flexibility index (Phi) is 6.73. The number of para-hydroxylation sites is 1. The summed E-state index contributed by atoms with van der Waals surface area (Å²) in [4.78, 5) is 28.3. The standard InChI is InChI=1S/C23H22N4O2/c1-17(25-22(28)15-14-19-7-5-6-16-24-19)18-10-12-21(13-11-18)27-23(29)26-20-8-3-2-4-9-20/h2-17H,1H3,(H,25,28)(H2,26,27,29)/b15-14+. The summed E-state index contributed by atoms with van der Waals surface area (Å²) in [6.45, 7) is 1.90. The molecule has 0 bridgehead atoms. The molecule has 0 spiro atoms. The van der Waals surface area contributed by atoms with Crippen LogP contribution in [0.4, 0.5) is 16.2 Å². The molecular formula is C23H22N4O2. The summed E-state index contributed by atoms with van der Waals surface area (Å²) in [5, 5.41) is 8.45. The van der Waals surface area contributed by atoms with E-state index in [0.717, 1.165) is 16.9 Å². The molecule has 1 heterocycles. The van der Waals surface area contributed by atoms with E-state index in [1.165, 1.54) is 6.08 Å². The molecule has 1 atom stereocenters. The van der Waals surface area contributed by atoms with Gasteiger partial charge in [0.25, 0.3) is 0 Å². The summed E-state index contributed by atoms with van der Waals surface area (Å²) in [6.07, 6.45) is 4.80. The van der Waals surface area contributed by atoms with E-state index >= 15 is 0 Å². The molecule has 1 unspecified atom stereocenters. The summed E-state index contributed by atoms with van der Waals surface area (Å²) in [5.41, 5.74) is 3.03. The first kappa shape index (κ1) is 19.8.